The molecular weight excluding hydrogens is 226 g/mol. The molecular formula is C14H23N3O. The number of aromatic amines is 1. The first-order chi connectivity index (χ1) is 8.56. The van der Waals surface area contributed by atoms with E-state index < -0.39 is 0 Å². The Morgan fingerprint density at radius 3 is 2.78 bits per heavy atom. The summed E-state index contributed by atoms with van der Waals surface area (Å²) < 4.78 is 0. The maximum atomic E-state index is 12.0. The minimum absolute atomic E-state index is 0.0607. The Morgan fingerprint density at radius 1 is 1.44 bits per heavy atom. The van der Waals surface area contributed by atoms with Gasteiger partial charge >= 0.3 is 0 Å². The zero-order valence-corrected chi connectivity index (χ0v) is 11.5. The van der Waals surface area contributed by atoms with Crippen LogP contribution in [0.2, 0.25) is 0 Å². The summed E-state index contributed by atoms with van der Waals surface area (Å²) >= 11 is 0. The van der Waals surface area contributed by atoms with Gasteiger partial charge in [0, 0.05) is 17.7 Å². The van der Waals surface area contributed by atoms with E-state index in [-0.39, 0.29) is 11.9 Å². The fourth-order valence-corrected chi connectivity index (χ4v) is 2.01. The van der Waals surface area contributed by atoms with E-state index in [0.717, 1.165) is 18.5 Å². The average molecular weight is 249 g/mol. The lowest BCUT2D eigenvalue weighted by Crippen LogP contribution is -2.33. The molecule has 1 aromatic heterocycles. The molecule has 1 heterocycles. The molecule has 1 aliphatic carbocycles. The van der Waals surface area contributed by atoms with Crippen molar-refractivity contribution in [2.24, 2.45) is 5.92 Å². The minimum Gasteiger partial charge on any atom is -0.348 e. The zero-order chi connectivity index (χ0) is 13.1. The Hall–Kier alpha value is -1.32. The Labute approximate surface area is 109 Å². The lowest BCUT2D eigenvalue weighted by molar-refractivity contribution is 0.0932. The van der Waals surface area contributed by atoms with E-state index in [1.807, 2.05) is 6.07 Å². The van der Waals surface area contributed by atoms with Gasteiger partial charge in [-0.05, 0) is 44.6 Å². The zero-order valence-electron chi connectivity index (χ0n) is 11.5. The molecule has 2 N–H and O–H groups in total. The minimum atomic E-state index is -0.0607. The normalized spacial score (nSPS) is 16.9. The highest BCUT2D eigenvalue weighted by Crippen LogP contribution is 2.38. The van der Waals surface area contributed by atoms with Gasteiger partial charge in [-0.3, -0.25) is 9.89 Å². The third-order valence-corrected chi connectivity index (χ3v) is 3.40. The molecule has 0 bridgehead atoms. The molecule has 4 heteroatoms. The highest BCUT2D eigenvalue weighted by Gasteiger charge is 2.26. The Balaban J connectivity index is 1.82. The molecule has 4 nitrogen and oxygen atoms in total. The van der Waals surface area contributed by atoms with Crippen molar-refractivity contribution in [3.8, 4) is 0 Å². The first-order valence-electron chi connectivity index (χ1n) is 6.92. The number of H-pyrrole nitrogens is 1. The third kappa shape index (κ3) is 3.59. The second-order valence-electron chi connectivity index (χ2n) is 5.83. The third-order valence-electron chi connectivity index (χ3n) is 3.40. The largest absolute Gasteiger partial charge is 0.348 e. The summed E-state index contributed by atoms with van der Waals surface area (Å²) in [7, 11) is 0. The van der Waals surface area contributed by atoms with Crippen LogP contribution in [0.25, 0.3) is 0 Å². The highest BCUT2D eigenvalue weighted by molar-refractivity contribution is 5.92. The van der Waals surface area contributed by atoms with Gasteiger partial charge in [0.25, 0.3) is 5.91 Å². The van der Waals surface area contributed by atoms with Gasteiger partial charge in [-0.1, -0.05) is 13.8 Å². The van der Waals surface area contributed by atoms with Crippen molar-refractivity contribution in [3.05, 3.63) is 17.5 Å². The van der Waals surface area contributed by atoms with Crippen LogP contribution < -0.4 is 5.32 Å². The first-order valence-corrected chi connectivity index (χ1v) is 6.92. The number of nitrogens with zero attached hydrogens (tertiary/aromatic N) is 1. The first kappa shape index (κ1) is 13.1. The average Bonchev–Trinajstić information content (AvgIpc) is 3.04. The van der Waals surface area contributed by atoms with E-state index in [9.17, 15) is 4.79 Å². The highest BCUT2D eigenvalue weighted by atomic mass is 16.2. The summed E-state index contributed by atoms with van der Waals surface area (Å²) in [6.45, 7) is 6.45. The van der Waals surface area contributed by atoms with E-state index in [1.165, 1.54) is 12.8 Å². The number of rotatable bonds is 6. The molecule has 1 amide bonds. The van der Waals surface area contributed by atoms with Crippen molar-refractivity contribution in [2.75, 3.05) is 0 Å². The van der Waals surface area contributed by atoms with Crippen LogP contribution in [-0.2, 0) is 0 Å². The maximum Gasteiger partial charge on any atom is 0.271 e. The molecule has 1 atom stereocenters. The molecule has 0 aliphatic heterocycles. The molecule has 2 rings (SSSR count). The van der Waals surface area contributed by atoms with Gasteiger partial charge in [0.15, 0.2) is 0 Å². The lowest BCUT2D eigenvalue weighted by Gasteiger charge is -2.13. The monoisotopic (exact) mass is 249 g/mol. The topological polar surface area (TPSA) is 57.8 Å². The van der Waals surface area contributed by atoms with Crippen LogP contribution in [0.5, 0.6) is 0 Å². The van der Waals surface area contributed by atoms with Crippen LogP contribution >= 0.6 is 0 Å². The molecule has 18 heavy (non-hydrogen) atoms. The number of hydrogen-bond donors (Lipinski definition) is 2. The molecule has 1 fully saturated rings. The Morgan fingerprint density at radius 2 is 2.17 bits per heavy atom. The fraction of sp³-hybridized carbons (Fsp3) is 0.714. The summed E-state index contributed by atoms with van der Waals surface area (Å²) in [5.41, 5.74) is 1.63. The van der Waals surface area contributed by atoms with Crippen LogP contribution in [-0.4, -0.2) is 22.1 Å². The van der Waals surface area contributed by atoms with Crippen molar-refractivity contribution in [1.82, 2.24) is 15.5 Å². The van der Waals surface area contributed by atoms with Crippen molar-refractivity contribution < 1.29 is 4.79 Å². The SMILES string of the molecule is CC(C)CCC(C)NC(=O)c1cc(C2CC2)[nH]n1. The molecule has 1 aromatic rings. The fourth-order valence-electron chi connectivity index (χ4n) is 2.01. The molecule has 0 saturated heterocycles. The van der Waals surface area contributed by atoms with E-state index in [2.05, 4.69) is 36.3 Å². The van der Waals surface area contributed by atoms with Crippen LogP contribution in [0.15, 0.2) is 6.07 Å². The summed E-state index contributed by atoms with van der Waals surface area (Å²) in [6, 6.07) is 2.10. The van der Waals surface area contributed by atoms with Crippen molar-refractivity contribution >= 4 is 5.91 Å². The van der Waals surface area contributed by atoms with Crippen LogP contribution in [0.4, 0.5) is 0 Å². The number of carbonyl (C=O) groups is 1. The molecule has 1 saturated carbocycles. The van der Waals surface area contributed by atoms with Gasteiger partial charge in [-0.15, -0.1) is 0 Å². The van der Waals surface area contributed by atoms with Gasteiger partial charge in [-0.25, -0.2) is 0 Å². The molecule has 0 aromatic carbocycles. The molecule has 0 radical (unpaired) electrons. The number of aromatic nitrogens is 2. The van der Waals surface area contributed by atoms with Crippen molar-refractivity contribution in [3.63, 3.8) is 0 Å². The predicted octanol–water partition coefficient (Wildman–Crippen LogP) is 2.84. The maximum absolute atomic E-state index is 12.0. The quantitative estimate of drug-likeness (QED) is 0.814. The Kier molecular flexibility index (Phi) is 4.04. The number of nitrogens with one attached hydrogen (secondary N) is 2. The summed E-state index contributed by atoms with van der Waals surface area (Å²) in [4.78, 5) is 12.0. The molecule has 1 aliphatic rings. The Bertz CT molecular complexity index is 407. The standard InChI is InChI=1S/C14H23N3O/c1-9(2)4-5-10(3)15-14(18)13-8-12(16-17-13)11-6-7-11/h8-11H,4-7H2,1-3H3,(H,15,18)(H,16,17). The van der Waals surface area contributed by atoms with Gasteiger partial charge in [0.1, 0.15) is 5.69 Å². The van der Waals surface area contributed by atoms with Crippen LogP contribution in [0, 0.1) is 5.92 Å². The van der Waals surface area contributed by atoms with Gasteiger partial charge < -0.3 is 5.32 Å². The predicted molar refractivity (Wildman–Crippen MR) is 71.6 cm³/mol. The van der Waals surface area contributed by atoms with E-state index in [1.54, 1.807) is 0 Å². The van der Waals surface area contributed by atoms with Crippen LogP contribution in [0.1, 0.15) is 68.6 Å². The number of carbonyl (C=O) groups excluding carboxylic acids is 1. The molecule has 1 unspecified atom stereocenters. The van der Waals surface area contributed by atoms with Crippen LogP contribution in [0.3, 0.4) is 0 Å². The second kappa shape index (κ2) is 5.55. The number of amides is 1. The van der Waals surface area contributed by atoms with E-state index in [0.29, 0.717) is 17.5 Å². The smallest absolute Gasteiger partial charge is 0.271 e. The van der Waals surface area contributed by atoms with Crippen molar-refractivity contribution in [2.45, 2.75) is 58.4 Å². The summed E-state index contributed by atoms with van der Waals surface area (Å²) in [6.07, 6.45) is 4.58. The second-order valence-corrected chi connectivity index (χ2v) is 5.83. The summed E-state index contributed by atoms with van der Waals surface area (Å²) in [5, 5.41) is 10.1. The molecule has 100 valence electrons. The lowest BCUT2D eigenvalue weighted by atomic mass is 10.0. The van der Waals surface area contributed by atoms with Gasteiger partial charge in [0.2, 0.25) is 0 Å². The van der Waals surface area contributed by atoms with Gasteiger partial charge in [-0.2, -0.15) is 5.10 Å². The number of hydrogen-bond acceptors (Lipinski definition) is 2. The van der Waals surface area contributed by atoms with Crippen molar-refractivity contribution in [1.29, 1.82) is 0 Å². The van der Waals surface area contributed by atoms with Gasteiger partial charge in [0.05, 0.1) is 0 Å². The summed E-state index contributed by atoms with van der Waals surface area (Å²) in [5.74, 6) is 1.23. The van der Waals surface area contributed by atoms with E-state index in [4.69, 9.17) is 0 Å². The van der Waals surface area contributed by atoms with E-state index >= 15 is 0 Å². The molecule has 0 spiro atoms.